The number of amides is 1. The molecule has 0 fully saturated rings. The van der Waals surface area contributed by atoms with Gasteiger partial charge in [-0.1, -0.05) is 0 Å². The number of hydrogen-bond donors (Lipinski definition) is 2. The van der Waals surface area contributed by atoms with Crippen LogP contribution in [-0.4, -0.2) is 29.3 Å². The first-order valence-corrected chi connectivity index (χ1v) is 6.88. The number of nitrogens with zero attached hydrogens (tertiary/aromatic N) is 2. The number of halogens is 3. The van der Waals surface area contributed by atoms with Crippen molar-refractivity contribution in [1.29, 1.82) is 0 Å². The Hall–Kier alpha value is -1.99. The molecule has 1 atom stereocenters. The van der Waals surface area contributed by atoms with Gasteiger partial charge in [0.25, 0.3) is 0 Å². The fraction of sp³-hybridized carbons (Fsp3) is 0.333. The van der Waals surface area contributed by atoms with Crippen LogP contribution in [-0.2, 0) is 18.3 Å². The first-order valence-electron chi connectivity index (χ1n) is 6.88. The quantitative estimate of drug-likeness (QED) is 0.839. The van der Waals surface area contributed by atoms with Crippen LogP contribution in [0.25, 0.3) is 0 Å². The average Bonchev–Trinajstić information content (AvgIpc) is 2.85. The molecule has 0 aliphatic rings. The number of rotatable bonds is 6. The third-order valence-electron chi connectivity index (χ3n) is 3.24. The Morgan fingerprint density at radius 2 is 1.96 bits per heavy atom. The van der Waals surface area contributed by atoms with Crippen molar-refractivity contribution in [1.82, 2.24) is 20.4 Å². The van der Waals surface area contributed by atoms with Gasteiger partial charge in [0.05, 0.1) is 6.20 Å². The van der Waals surface area contributed by atoms with Crippen LogP contribution in [0.3, 0.4) is 0 Å². The number of nitrogens with one attached hydrogen (secondary N) is 2. The van der Waals surface area contributed by atoms with E-state index in [2.05, 4.69) is 15.7 Å². The predicted molar refractivity (Wildman–Crippen MR) is 85.3 cm³/mol. The van der Waals surface area contributed by atoms with Gasteiger partial charge >= 0.3 is 0 Å². The van der Waals surface area contributed by atoms with Gasteiger partial charge in [-0.05, 0) is 31.2 Å². The third kappa shape index (κ3) is 5.30. The summed E-state index contributed by atoms with van der Waals surface area (Å²) >= 11 is 0. The molecule has 2 N–H and O–H groups in total. The lowest BCUT2D eigenvalue weighted by Crippen LogP contribution is -2.36. The zero-order valence-corrected chi connectivity index (χ0v) is 13.7. The highest BCUT2D eigenvalue weighted by Gasteiger charge is 2.19. The van der Waals surface area contributed by atoms with Crippen LogP contribution in [0.5, 0.6) is 0 Å². The van der Waals surface area contributed by atoms with Gasteiger partial charge in [0.15, 0.2) is 0 Å². The van der Waals surface area contributed by atoms with Gasteiger partial charge in [-0.25, -0.2) is 8.78 Å². The SMILES string of the molecule is CNC(C(=O)NCCc1cc(F)cc(F)c1)c1cnn(C)c1.Cl. The van der Waals surface area contributed by atoms with E-state index in [1.165, 1.54) is 12.1 Å². The molecule has 1 unspecified atom stereocenters. The van der Waals surface area contributed by atoms with Crippen LogP contribution in [0.1, 0.15) is 17.2 Å². The van der Waals surface area contributed by atoms with Crippen molar-refractivity contribution < 1.29 is 13.6 Å². The summed E-state index contributed by atoms with van der Waals surface area (Å²) in [6.45, 7) is 0.292. The minimum atomic E-state index is -0.621. The lowest BCUT2D eigenvalue weighted by molar-refractivity contribution is -0.123. The van der Waals surface area contributed by atoms with E-state index in [4.69, 9.17) is 0 Å². The zero-order chi connectivity index (χ0) is 16.1. The van der Waals surface area contributed by atoms with Crippen LogP contribution in [0.2, 0.25) is 0 Å². The number of carbonyl (C=O) groups is 1. The van der Waals surface area contributed by atoms with Gasteiger partial charge in [-0.2, -0.15) is 5.10 Å². The zero-order valence-electron chi connectivity index (χ0n) is 12.8. The number of aryl methyl sites for hydroxylation is 1. The molecule has 0 aliphatic heterocycles. The number of hydrogen-bond acceptors (Lipinski definition) is 3. The molecule has 1 heterocycles. The molecule has 5 nitrogen and oxygen atoms in total. The number of carbonyl (C=O) groups excluding carboxylic acids is 1. The smallest absolute Gasteiger partial charge is 0.241 e. The second kappa shape index (κ2) is 8.59. The van der Waals surface area contributed by atoms with Gasteiger partial charge in [0.1, 0.15) is 17.7 Å². The van der Waals surface area contributed by atoms with Crippen LogP contribution in [0.15, 0.2) is 30.6 Å². The van der Waals surface area contributed by atoms with E-state index in [1.54, 1.807) is 31.2 Å². The first-order chi connectivity index (χ1) is 10.5. The standard InChI is InChI=1S/C15H18F2N4O.ClH/c1-18-14(11-8-20-21(2)9-11)15(22)19-4-3-10-5-12(16)7-13(17)6-10;/h5-9,14,18H,3-4H2,1-2H3,(H,19,22);1H. The molecule has 0 aliphatic carbocycles. The van der Waals surface area contributed by atoms with E-state index in [-0.39, 0.29) is 18.3 Å². The Labute approximate surface area is 139 Å². The summed E-state index contributed by atoms with van der Waals surface area (Å²) in [5, 5.41) is 9.69. The topological polar surface area (TPSA) is 59.0 Å². The van der Waals surface area contributed by atoms with Crippen LogP contribution < -0.4 is 10.6 Å². The lowest BCUT2D eigenvalue weighted by atomic mass is 10.1. The molecule has 0 bridgehead atoms. The van der Waals surface area contributed by atoms with Crippen LogP contribution >= 0.6 is 12.4 Å². The van der Waals surface area contributed by atoms with Crippen LogP contribution in [0.4, 0.5) is 8.78 Å². The second-order valence-electron chi connectivity index (χ2n) is 4.99. The van der Waals surface area contributed by atoms with Gasteiger partial charge < -0.3 is 10.6 Å². The molecule has 0 saturated carbocycles. The molecule has 2 rings (SSSR count). The van der Waals surface area contributed by atoms with E-state index in [0.717, 1.165) is 11.6 Å². The molecular formula is C15H19ClF2N4O. The largest absolute Gasteiger partial charge is 0.354 e. The van der Waals surface area contributed by atoms with Gasteiger partial charge in [-0.3, -0.25) is 9.48 Å². The molecule has 8 heteroatoms. The number of benzene rings is 1. The second-order valence-corrected chi connectivity index (χ2v) is 4.99. The molecule has 2 aromatic rings. The summed E-state index contributed by atoms with van der Waals surface area (Å²) in [6, 6.07) is 2.82. The van der Waals surface area contributed by atoms with E-state index in [1.807, 2.05) is 0 Å². The van der Waals surface area contributed by atoms with E-state index in [0.29, 0.717) is 18.5 Å². The average molecular weight is 345 g/mol. The number of likely N-dealkylation sites (N-methyl/N-ethyl adjacent to an activating group) is 1. The monoisotopic (exact) mass is 344 g/mol. The molecule has 1 amide bonds. The molecule has 1 aromatic heterocycles. The fourth-order valence-corrected chi connectivity index (χ4v) is 2.23. The highest BCUT2D eigenvalue weighted by atomic mass is 35.5. The molecule has 0 saturated heterocycles. The normalized spacial score (nSPS) is 11.7. The van der Waals surface area contributed by atoms with Crippen molar-refractivity contribution in [3.63, 3.8) is 0 Å². The minimum Gasteiger partial charge on any atom is -0.354 e. The maximum Gasteiger partial charge on any atom is 0.241 e. The van der Waals surface area contributed by atoms with E-state index in [9.17, 15) is 13.6 Å². The Bertz CT molecular complexity index is 642. The summed E-state index contributed by atoms with van der Waals surface area (Å²) in [7, 11) is 3.45. The molecule has 126 valence electrons. The molecule has 0 spiro atoms. The van der Waals surface area contributed by atoms with Crippen molar-refractivity contribution in [3.8, 4) is 0 Å². The third-order valence-corrected chi connectivity index (χ3v) is 3.24. The van der Waals surface area contributed by atoms with Crippen molar-refractivity contribution in [2.45, 2.75) is 12.5 Å². The summed E-state index contributed by atoms with van der Waals surface area (Å²) in [5.41, 5.74) is 1.25. The predicted octanol–water partition coefficient (Wildman–Crippen LogP) is 1.74. The van der Waals surface area contributed by atoms with Crippen molar-refractivity contribution in [2.75, 3.05) is 13.6 Å². The molecule has 23 heavy (non-hydrogen) atoms. The Balaban J connectivity index is 0.00000264. The van der Waals surface area contributed by atoms with Crippen molar-refractivity contribution >= 4 is 18.3 Å². The molecule has 1 aromatic carbocycles. The van der Waals surface area contributed by atoms with Crippen LogP contribution in [0, 0.1) is 11.6 Å². The maximum atomic E-state index is 13.1. The van der Waals surface area contributed by atoms with E-state index >= 15 is 0 Å². The molecular weight excluding hydrogens is 326 g/mol. The summed E-state index contributed by atoms with van der Waals surface area (Å²) in [6.07, 6.45) is 3.72. The Kier molecular flexibility index (Phi) is 7.12. The Morgan fingerprint density at radius 1 is 1.30 bits per heavy atom. The van der Waals surface area contributed by atoms with Gasteiger partial charge in [0.2, 0.25) is 5.91 Å². The summed E-state index contributed by atoms with van der Waals surface area (Å²) in [4.78, 5) is 12.1. The summed E-state index contributed by atoms with van der Waals surface area (Å²) in [5.74, 6) is -1.46. The number of aromatic nitrogens is 2. The van der Waals surface area contributed by atoms with Crippen molar-refractivity contribution in [3.05, 3.63) is 53.4 Å². The van der Waals surface area contributed by atoms with Crippen molar-refractivity contribution in [2.24, 2.45) is 7.05 Å². The minimum absolute atomic E-state index is 0. The highest BCUT2D eigenvalue weighted by molar-refractivity contribution is 5.85. The lowest BCUT2D eigenvalue weighted by Gasteiger charge is -2.14. The van der Waals surface area contributed by atoms with Gasteiger partial charge in [0, 0.05) is 31.4 Å². The maximum absolute atomic E-state index is 13.1. The molecule has 0 radical (unpaired) electrons. The first kappa shape index (κ1) is 19.1. The Morgan fingerprint density at radius 3 is 2.48 bits per heavy atom. The highest BCUT2D eigenvalue weighted by Crippen LogP contribution is 2.11. The summed E-state index contributed by atoms with van der Waals surface area (Å²) < 4.78 is 27.8. The van der Waals surface area contributed by atoms with E-state index < -0.39 is 17.7 Å². The fourth-order valence-electron chi connectivity index (χ4n) is 2.23. The van der Waals surface area contributed by atoms with Gasteiger partial charge in [-0.15, -0.1) is 12.4 Å².